The van der Waals surface area contributed by atoms with Gasteiger partial charge in [0.25, 0.3) is 5.56 Å². The molecule has 0 aliphatic carbocycles. The van der Waals surface area contributed by atoms with E-state index in [9.17, 15) is 4.79 Å². The standard InChI is InChI=1S/C24H19N3OS/c1-17-6-8-19(9-7-17)15-27-23(28)21-4-2-3-5-22(21)26-24(27)29-16-20-12-10-18(14-25)11-13-20/h2-13H,15-16H2,1H3. The summed E-state index contributed by atoms with van der Waals surface area (Å²) < 4.78 is 1.75. The van der Waals surface area contributed by atoms with Gasteiger partial charge in [-0.1, -0.05) is 65.9 Å². The molecule has 4 rings (SSSR count). The monoisotopic (exact) mass is 397 g/mol. The van der Waals surface area contributed by atoms with E-state index in [0.29, 0.717) is 33.9 Å². The van der Waals surface area contributed by atoms with Crippen molar-refractivity contribution >= 4 is 22.7 Å². The number of hydrogen-bond donors (Lipinski definition) is 0. The smallest absolute Gasteiger partial charge is 0.262 e. The maximum Gasteiger partial charge on any atom is 0.262 e. The predicted molar refractivity (Wildman–Crippen MR) is 117 cm³/mol. The zero-order chi connectivity index (χ0) is 20.2. The first-order chi connectivity index (χ1) is 14.1. The van der Waals surface area contributed by atoms with Crippen LogP contribution in [0.4, 0.5) is 0 Å². The number of benzene rings is 3. The summed E-state index contributed by atoms with van der Waals surface area (Å²) >= 11 is 1.53. The lowest BCUT2D eigenvalue weighted by atomic mass is 10.1. The maximum absolute atomic E-state index is 13.2. The molecular weight excluding hydrogens is 378 g/mol. The second kappa shape index (κ2) is 8.34. The SMILES string of the molecule is Cc1ccc(Cn2c(SCc3ccc(C#N)cc3)nc3ccccc3c2=O)cc1. The molecule has 0 radical (unpaired) electrons. The van der Waals surface area contributed by atoms with Crippen molar-refractivity contribution in [3.05, 3.63) is 105 Å². The summed E-state index contributed by atoms with van der Waals surface area (Å²) in [7, 11) is 0. The molecule has 29 heavy (non-hydrogen) atoms. The fraction of sp³-hybridized carbons (Fsp3) is 0.125. The topological polar surface area (TPSA) is 58.7 Å². The van der Waals surface area contributed by atoms with E-state index in [4.69, 9.17) is 10.2 Å². The first-order valence-electron chi connectivity index (χ1n) is 9.31. The minimum atomic E-state index is -0.0292. The normalized spacial score (nSPS) is 10.8. The lowest BCUT2D eigenvalue weighted by Crippen LogP contribution is -2.24. The van der Waals surface area contributed by atoms with Crippen molar-refractivity contribution in [1.82, 2.24) is 9.55 Å². The average Bonchev–Trinajstić information content (AvgIpc) is 2.76. The van der Waals surface area contributed by atoms with Crippen molar-refractivity contribution in [3.63, 3.8) is 0 Å². The zero-order valence-electron chi connectivity index (χ0n) is 16.0. The van der Waals surface area contributed by atoms with Gasteiger partial charge in [0.1, 0.15) is 0 Å². The van der Waals surface area contributed by atoms with E-state index >= 15 is 0 Å². The molecule has 0 aliphatic rings. The number of rotatable bonds is 5. The van der Waals surface area contributed by atoms with Crippen LogP contribution in [0.3, 0.4) is 0 Å². The molecule has 0 bridgehead atoms. The summed E-state index contributed by atoms with van der Waals surface area (Å²) in [5.74, 6) is 0.671. The Labute approximate surface area is 173 Å². The Morgan fingerprint density at radius 3 is 2.38 bits per heavy atom. The van der Waals surface area contributed by atoms with Gasteiger partial charge in [-0.3, -0.25) is 9.36 Å². The molecule has 0 saturated carbocycles. The summed E-state index contributed by atoms with van der Waals surface area (Å²) in [4.78, 5) is 18.0. The van der Waals surface area contributed by atoms with E-state index in [1.165, 1.54) is 17.3 Å². The number of aromatic nitrogens is 2. The van der Waals surface area contributed by atoms with Crippen LogP contribution in [0.5, 0.6) is 0 Å². The van der Waals surface area contributed by atoms with Crippen molar-refractivity contribution in [2.24, 2.45) is 0 Å². The summed E-state index contributed by atoms with van der Waals surface area (Å²) in [5.41, 5.74) is 4.65. The summed E-state index contributed by atoms with van der Waals surface area (Å²) in [5, 5.41) is 10.3. The molecule has 0 atom stereocenters. The second-order valence-corrected chi connectivity index (χ2v) is 7.83. The third-order valence-corrected chi connectivity index (χ3v) is 5.79. The quantitative estimate of drug-likeness (QED) is 0.354. The Kier molecular flexibility index (Phi) is 5.46. The van der Waals surface area contributed by atoms with Crippen LogP contribution in [0.25, 0.3) is 10.9 Å². The number of thioether (sulfide) groups is 1. The third kappa shape index (κ3) is 4.23. The van der Waals surface area contributed by atoms with Gasteiger partial charge in [-0.05, 0) is 42.3 Å². The van der Waals surface area contributed by atoms with Crippen LogP contribution >= 0.6 is 11.8 Å². The Hall–Kier alpha value is -3.36. The number of para-hydroxylation sites is 1. The number of nitrogens with zero attached hydrogens (tertiary/aromatic N) is 3. The largest absolute Gasteiger partial charge is 0.283 e. The van der Waals surface area contributed by atoms with Crippen molar-refractivity contribution in [2.75, 3.05) is 0 Å². The summed E-state index contributed by atoms with van der Waals surface area (Å²) in [6.07, 6.45) is 0. The van der Waals surface area contributed by atoms with Gasteiger partial charge >= 0.3 is 0 Å². The minimum absolute atomic E-state index is 0.0292. The highest BCUT2D eigenvalue weighted by Gasteiger charge is 2.12. The van der Waals surface area contributed by atoms with E-state index in [2.05, 4.69) is 18.2 Å². The van der Waals surface area contributed by atoms with Gasteiger partial charge < -0.3 is 0 Å². The first kappa shape index (κ1) is 19.0. The van der Waals surface area contributed by atoms with E-state index in [1.807, 2.05) is 67.6 Å². The number of nitriles is 1. The molecular formula is C24H19N3OS. The van der Waals surface area contributed by atoms with Gasteiger partial charge in [0.15, 0.2) is 5.16 Å². The highest BCUT2D eigenvalue weighted by Crippen LogP contribution is 2.23. The molecule has 0 amide bonds. The van der Waals surface area contributed by atoms with Gasteiger partial charge in [-0.15, -0.1) is 0 Å². The van der Waals surface area contributed by atoms with E-state index in [0.717, 1.165) is 11.1 Å². The van der Waals surface area contributed by atoms with Crippen LogP contribution in [0.15, 0.2) is 82.7 Å². The fourth-order valence-electron chi connectivity index (χ4n) is 3.10. The molecule has 0 aliphatic heterocycles. The molecule has 3 aromatic carbocycles. The Morgan fingerprint density at radius 2 is 1.66 bits per heavy atom. The van der Waals surface area contributed by atoms with Crippen LogP contribution in [0.2, 0.25) is 0 Å². The van der Waals surface area contributed by atoms with E-state index < -0.39 is 0 Å². The Morgan fingerprint density at radius 1 is 0.966 bits per heavy atom. The van der Waals surface area contributed by atoms with Crippen LogP contribution < -0.4 is 5.56 Å². The Bertz CT molecular complexity index is 1250. The molecule has 5 heteroatoms. The molecule has 1 heterocycles. The van der Waals surface area contributed by atoms with Crippen molar-refractivity contribution < 1.29 is 0 Å². The molecule has 0 N–H and O–H groups in total. The van der Waals surface area contributed by atoms with Crippen molar-refractivity contribution in [2.45, 2.75) is 24.4 Å². The number of hydrogen-bond acceptors (Lipinski definition) is 4. The van der Waals surface area contributed by atoms with Crippen molar-refractivity contribution in [3.8, 4) is 6.07 Å². The molecule has 4 aromatic rings. The van der Waals surface area contributed by atoms with Gasteiger partial charge in [-0.2, -0.15) is 5.26 Å². The highest BCUT2D eigenvalue weighted by molar-refractivity contribution is 7.98. The molecule has 1 aromatic heterocycles. The lowest BCUT2D eigenvalue weighted by Gasteiger charge is -2.13. The molecule has 0 spiro atoms. The molecule has 4 nitrogen and oxygen atoms in total. The van der Waals surface area contributed by atoms with Crippen LogP contribution in [-0.2, 0) is 12.3 Å². The fourth-order valence-corrected chi connectivity index (χ4v) is 4.05. The third-order valence-electron chi connectivity index (χ3n) is 4.74. The number of fused-ring (bicyclic) bond motifs is 1. The number of aryl methyl sites for hydroxylation is 1. The average molecular weight is 398 g/mol. The first-order valence-corrected chi connectivity index (χ1v) is 10.3. The second-order valence-electron chi connectivity index (χ2n) is 6.89. The Balaban J connectivity index is 1.71. The van der Waals surface area contributed by atoms with Crippen LogP contribution in [0.1, 0.15) is 22.3 Å². The summed E-state index contributed by atoms with van der Waals surface area (Å²) in [6.45, 7) is 2.53. The van der Waals surface area contributed by atoms with Gasteiger partial charge in [0.05, 0.1) is 29.1 Å². The molecule has 0 saturated heterocycles. The van der Waals surface area contributed by atoms with Crippen LogP contribution in [-0.4, -0.2) is 9.55 Å². The molecule has 0 fully saturated rings. The van der Waals surface area contributed by atoms with Gasteiger partial charge in [0, 0.05) is 5.75 Å². The van der Waals surface area contributed by atoms with E-state index in [1.54, 1.807) is 4.57 Å². The van der Waals surface area contributed by atoms with Crippen molar-refractivity contribution in [1.29, 1.82) is 5.26 Å². The zero-order valence-corrected chi connectivity index (χ0v) is 16.8. The lowest BCUT2D eigenvalue weighted by molar-refractivity contribution is 0.658. The summed E-state index contributed by atoms with van der Waals surface area (Å²) in [6, 6.07) is 25.3. The maximum atomic E-state index is 13.2. The van der Waals surface area contributed by atoms with Gasteiger partial charge in [-0.25, -0.2) is 4.98 Å². The van der Waals surface area contributed by atoms with Crippen LogP contribution in [0, 0.1) is 18.3 Å². The molecule has 0 unspecified atom stereocenters. The molecule has 142 valence electrons. The minimum Gasteiger partial charge on any atom is -0.283 e. The highest BCUT2D eigenvalue weighted by atomic mass is 32.2. The van der Waals surface area contributed by atoms with Gasteiger partial charge in [0.2, 0.25) is 0 Å². The van der Waals surface area contributed by atoms with E-state index in [-0.39, 0.29) is 5.56 Å². The predicted octanol–water partition coefficient (Wildman–Crippen LogP) is 4.92.